The van der Waals surface area contributed by atoms with E-state index < -0.39 is 0 Å². The fourth-order valence-corrected chi connectivity index (χ4v) is 2.52. The maximum absolute atomic E-state index is 7.21. The third-order valence-corrected chi connectivity index (χ3v) is 3.87. The van der Waals surface area contributed by atoms with E-state index in [0.29, 0.717) is 11.6 Å². The number of oxazole rings is 1. The van der Waals surface area contributed by atoms with E-state index in [1.165, 1.54) is 0 Å². The Balaban J connectivity index is 2.22. The molecule has 0 saturated heterocycles. The highest BCUT2D eigenvalue weighted by Gasteiger charge is 2.15. The van der Waals surface area contributed by atoms with Gasteiger partial charge in [-0.2, -0.15) is 0 Å². The van der Waals surface area contributed by atoms with E-state index in [2.05, 4.69) is 39.6 Å². The molecule has 0 unspecified atom stereocenters. The van der Waals surface area contributed by atoms with Gasteiger partial charge in [0.05, 0.1) is 12.1 Å². The Hall–Kier alpha value is -2.12. The monoisotopic (exact) mass is 340 g/mol. The lowest BCUT2D eigenvalue weighted by atomic mass is 10.0. The van der Waals surface area contributed by atoms with Gasteiger partial charge in [-0.1, -0.05) is 29.8 Å². The molecule has 104 valence electrons. The van der Waals surface area contributed by atoms with Gasteiger partial charge in [-0.05, 0) is 47.9 Å². The first-order chi connectivity index (χ1) is 10.1. The zero-order valence-corrected chi connectivity index (χ0v) is 13.3. The van der Waals surface area contributed by atoms with Gasteiger partial charge in [-0.25, -0.2) is 9.83 Å². The predicted octanol–water partition coefficient (Wildman–Crippen LogP) is 5.93. The van der Waals surface area contributed by atoms with Crippen LogP contribution in [-0.4, -0.2) is 4.98 Å². The molecule has 0 N–H and O–H groups in total. The summed E-state index contributed by atoms with van der Waals surface area (Å²) in [5, 5.41) is 0. The van der Waals surface area contributed by atoms with Crippen LogP contribution in [0.2, 0.25) is 0 Å². The first-order valence-electron chi connectivity index (χ1n) is 6.66. The highest BCUT2D eigenvalue weighted by atomic mass is 79.9. The van der Waals surface area contributed by atoms with Crippen molar-refractivity contribution in [3.05, 3.63) is 57.9 Å². The molecule has 4 heteroatoms. The van der Waals surface area contributed by atoms with Crippen LogP contribution in [0, 0.1) is 6.57 Å². The third-order valence-electron chi connectivity index (χ3n) is 3.35. The smallest absolute Gasteiger partial charge is 0.227 e. The van der Waals surface area contributed by atoms with Crippen LogP contribution in [0.25, 0.3) is 27.4 Å². The maximum atomic E-state index is 7.21. The van der Waals surface area contributed by atoms with E-state index in [1.807, 2.05) is 30.3 Å². The molecular formula is C17H13BrN2O. The van der Waals surface area contributed by atoms with E-state index in [-0.39, 0.29) is 5.92 Å². The highest BCUT2D eigenvalue weighted by molar-refractivity contribution is 9.10. The number of rotatable bonds is 2. The summed E-state index contributed by atoms with van der Waals surface area (Å²) in [6, 6.07) is 11.5. The van der Waals surface area contributed by atoms with Crippen LogP contribution >= 0.6 is 15.9 Å². The summed E-state index contributed by atoms with van der Waals surface area (Å²) in [5.41, 5.74) is 4.06. The largest absolute Gasteiger partial charge is 0.436 e. The van der Waals surface area contributed by atoms with Crippen LogP contribution in [-0.2, 0) is 0 Å². The van der Waals surface area contributed by atoms with Crippen molar-refractivity contribution in [3.8, 4) is 11.5 Å². The minimum absolute atomic E-state index is 0.278. The molecule has 3 aromatic rings. The average Bonchev–Trinajstić information content (AvgIpc) is 2.90. The van der Waals surface area contributed by atoms with Gasteiger partial charge in [-0.3, -0.25) is 0 Å². The lowest BCUT2D eigenvalue weighted by molar-refractivity contribution is 0.611. The van der Waals surface area contributed by atoms with Gasteiger partial charge in [0.2, 0.25) is 5.89 Å². The van der Waals surface area contributed by atoms with Crippen molar-refractivity contribution in [3.63, 3.8) is 0 Å². The second-order valence-corrected chi connectivity index (χ2v) is 6.09. The molecule has 0 aliphatic heterocycles. The molecule has 0 atom stereocenters. The van der Waals surface area contributed by atoms with Gasteiger partial charge in [0, 0.05) is 10.0 Å². The number of hydrogen-bond donors (Lipinski definition) is 0. The molecule has 0 aliphatic carbocycles. The molecule has 0 amide bonds. The van der Waals surface area contributed by atoms with E-state index >= 15 is 0 Å². The van der Waals surface area contributed by atoms with E-state index in [9.17, 15) is 0 Å². The molecular weight excluding hydrogens is 328 g/mol. The number of benzene rings is 2. The maximum Gasteiger partial charge on any atom is 0.227 e. The second-order valence-electron chi connectivity index (χ2n) is 5.18. The summed E-state index contributed by atoms with van der Waals surface area (Å²) in [7, 11) is 0. The normalized spacial score (nSPS) is 11.0. The number of hydrogen-bond acceptors (Lipinski definition) is 2. The van der Waals surface area contributed by atoms with Crippen molar-refractivity contribution < 1.29 is 4.42 Å². The van der Waals surface area contributed by atoms with Crippen LogP contribution in [0.5, 0.6) is 0 Å². The van der Waals surface area contributed by atoms with Crippen LogP contribution < -0.4 is 0 Å². The van der Waals surface area contributed by atoms with Crippen molar-refractivity contribution in [1.29, 1.82) is 0 Å². The number of halogens is 1. The van der Waals surface area contributed by atoms with Gasteiger partial charge >= 0.3 is 0 Å². The molecule has 0 aliphatic rings. The first-order valence-corrected chi connectivity index (χ1v) is 7.45. The Labute approximate surface area is 131 Å². The summed E-state index contributed by atoms with van der Waals surface area (Å²) in [6.45, 7) is 11.4. The van der Waals surface area contributed by atoms with E-state index in [4.69, 9.17) is 11.0 Å². The van der Waals surface area contributed by atoms with Gasteiger partial charge < -0.3 is 4.42 Å². The summed E-state index contributed by atoms with van der Waals surface area (Å²) >= 11 is 3.42. The molecule has 21 heavy (non-hydrogen) atoms. The zero-order valence-electron chi connectivity index (χ0n) is 11.7. The fraction of sp³-hybridized carbons (Fsp3) is 0.176. The molecule has 0 saturated carbocycles. The zero-order chi connectivity index (χ0) is 15.0. The Morgan fingerprint density at radius 2 is 1.90 bits per heavy atom. The Bertz CT molecular complexity index is 842. The van der Waals surface area contributed by atoms with Gasteiger partial charge in [-0.15, -0.1) is 0 Å². The highest BCUT2D eigenvalue weighted by Crippen LogP contribution is 2.34. The summed E-state index contributed by atoms with van der Waals surface area (Å²) in [6.07, 6.45) is 0. The average molecular weight is 341 g/mol. The molecule has 3 rings (SSSR count). The number of fused-ring (bicyclic) bond motifs is 1. The third kappa shape index (κ3) is 2.57. The lowest BCUT2D eigenvalue weighted by Gasteiger charge is -2.05. The fourth-order valence-electron chi connectivity index (χ4n) is 2.25. The molecule has 1 aromatic heterocycles. The summed E-state index contributed by atoms with van der Waals surface area (Å²) < 4.78 is 6.97. The van der Waals surface area contributed by atoms with Crippen LogP contribution in [0.1, 0.15) is 25.3 Å². The van der Waals surface area contributed by atoms with E-state index in [1.54, 1.807) is 6.07 Å². The number of nitrogens with zero attached hydrogens (tertiary/aromatic N) is 2. The predicted molar refractivity (Wildman–Crippen MR) is 87.5 cm³/mol. The van der Waals surface area contributed by atoms with E-state index in [0.717, 1.165) is 26.7 Å². The molecule has 0 spiro atoms. The second kappa shape index (κ2) is 5.34. The van der Waals surface area contributed by atoms with Crippen LogP contribution in [0.4, 0.5) is 5.69 Å². The molecule has 0 bridgehead atoms. The topological polar surface area (TPSA) is 30.4 Å². The van der Waals surface area contributed by atoms with Gasteiger partial charge in [0.25, 0.3) is 0 Å². The quantitative estimate of drug-likeness (QED) is 0.541. The Morgan fingerprint density at radius 1 is 1.19 bits per heavy atom. The molecule has 1 heterocycles. The van der Waals surface area contributed by atoms with Crippen LogP contribution in [0.3, 0.4) is 0 Å². The Morgan fingerprint density at radius 3 is 2.52 bits per heavy atom. The van der Waals surface area contributed by atoms with Crippen molar-refractivity contribution in [2.75, 3.05) is 0 Å². The molecule has 3 nitrogen and oxygen atoms in total. The van der Waals surface area contributed by atoms with Crippen molar-refractivity contribution >= 4 is 32.7 Å². The Kier molecular flexibility index (Phi) is 3.52. The first kappa shape index (κ1) is 13.8. The van der Waals surface area contributed by atoms with Gasteiger partial charge in [0.1, 0.15) is 0 Å². The lowest BCUT2D eigenvalue weighted by Crippen LogP contribution is -1.87. The van der Waals surface area contributed by atoms with Crippen molar-refractivity contribution in [2.24, 2.45) is 0 Å². The molecule has 0 radical (unpaired) electrons. The molecule has 0 fully saturated rings. The van der Waals surface area contributed by atoms with Crippen molar-refractivity contribution in [2.45, 2.75) is 19.8 Å². The molecule has 2 aromatic carbocycles. The number of aromatic nitrogens is 1. The standard InChI is InChI=1S/C17H13BrN2O/c1-10(2)14-8-13(19-3)9-15-16(14)21-17(20-15)11-4-6-12(18)7-5-11/h4-10H,1-2H3. The van der Waals surface area contributed by atoms with Crippen molar-refractivity contribution in [1.82, 2.24) is 4.98 Å². The van der Waals surface area contributed by atoms with Crippen LogP contribution in [0.15, 0.2) is 45.3 Å². The minimum Gasteiger partial charge on any atom is -0.436 e. The summed E-state index contributed by atoms with van der Waals surface area (Å²) in [5.74, 6) is 0.862. The minimum atomic E-state index is 0.278. The van der Waals surface area contributed by atoms with Gasteiger partial charge in [0.15, 0.2) is 11.3 Å². The summed E-state index contributed by atoms with van der Waals surface area (Å²) in [4.78, 5) is 8.06. The SMILES string of the molecule is [C-]#[N+]c1cc(C(C)C)c2oc(-c3ccc(Br)cc3)nc2c1.